The lowest BCUT2D eigenvalue weighted by Crippen LogP contribution is -2.70. The van der Waals surface area contributed by atoms with Crippen molar-refractivity contribution in [1.82, 2.24) is 10.2 Å². The average Bonchev–Trinajstić information content (AvgIpc) is 2.79. The minimum absolute atomic E-state index is 0.301. The van der Waals surface area contributed by atoms with Crippen LogP contribution in [0.15, 0.2) is 0 Å². The van der Waals surface area contributed by atoms with Gasteiger partial charge in [0, 0.05) is 0 Å². The topological polar surface area (TPSA) is 49.4 Å². The summed E-state index contributed by atoms with van der Waals surface area (Å²) < 4.78 is 38.0. The number of alkyl halides is 3. The third kappa shape index (κ3) is 2.42. The van der Waals surface area contributed by atoms with Crippen LogP contribution in [0.4, 0.5) is 13.2 Å². The van der Waals surface area contributed by atoms with Crippen molar-refractivity contribution in [2.45, 2.75) is 56.8 Å². The van der Waals surface area contributed by atoms with E-state index < -0.39 is 36.1 Å². The van der Waals surface area contributed by atoms with Crippen LogP contribution in [0.1, 0.15) is 39.0 Å². The largest absolute Gasteiger partial charge is 0.406 e. The van der Waals surface area contributed by atoms with E-state index in [-0.39, 0.29) is 0 Å². The molecule has 1 aliphatic carbocycles. The van der Waals surface area contributed by atoms with Crippen molar-refractivity contribution in [2.24, 2.45) is 0 Å². The molecule has 2 fully saturated rings. The molecule has 2 aliphatic rings. The second-order valence-corrected chi connectivity index (χ2v) is 5.21. The van der Waals surface area contributed by atoms with Gasteiger partial charge in [0.05, 0.1) is 0 Å². The van der Waals surface area contributed by atoms with Crippen LogP contribution in [0, 0.1) is 0 Å². The lowest BCUT2D eigenvalue weighted by atomic mass is 9.89. The first kappa shape index (κ1) is 14.1. The van der Waals surface area contributed by atoms with Gasteiger partial charge in [-0.25, -0.2) is 0 Å². The fourth-order valence-electron chi connectivity index (χ4n) is 3.02. The van der Waals surface area contributed by atoms with E-state index in [1.54, 1.807) is 6.92 Å². The van der Waals surface area contributed by atoms with Gasteiger partial charge in [-0.15, -0.1) is 0 Å². The van der Waals surface area contributed by atoms with Crippen molar-refractivity contribution in [3.8, 4) is 0 Å². The highest BCUT2D eigenvalue weighted by Crippen LogP contribution is 2.39. The maximum Gasteiger partial charge on any atom is 0.406 e. The highest BCUT2D eigenvalue weighted by Gasteiger charge is 2.55. The van der Waals surface area contributed by atoms with Gasteiger partial charge in [-0.2, -0.15) is 13.2 Å². The SMILES string of the molecule is CCC1NC(=O)C2(CCCC2)N(CC(F)(F)F)C1=O. The van der Waals surface area contributed by atoms with E-state index in [0.29, 0.717) is 32.1 Å². The highest BCUT2D eigenvalue weighted by molar-refractivity contribution is 6.00. The minimum Gasteiger partial charge on any atom is -0.342 e. The number of nitrogens with one attached hydrogen (secondary N) is 1. The van der Waals surface area contributed by atoms with Crippen LogP contribution in [-0.4, -0.2) is 41.0 Å². The number of halogens is 3. The lowest BCUT2D eigenvalue weighted by Gasteiger charge is -2.46. The van der Waals surface area contributed by atoms with E-state index in [4.69, 9.17) is 0 Å². The second kappa shape index (κ2) is 4.68. The first-order valence-electron chi connectivity index (χ1n) is 6.49. The first-order valence-corrected chi connectivity index (χ1v) is 6.49. The molecule has 2 amide bonds. The number of hydrogen-bond donors (Lipinski definition) is 1. The Morgan fingerprint density at radius 3 is 2.37 bits per heavy atom. The second-order valence-electron chi connectivity index (χ2n) is 5.21. The van der Waals surface area contributed by atoms with Gasteiger partial charge in [-0.3, -0.25) is 9.59 Å². The normalized spacial score (nSPS) is 26.9. The van der Waals surface area contributed by atoms with Gasteiger partial charge in [0.1, 0.15) is 18.1 Å². The zero-order chi connectivity index (χ0) is 14.3. The molecule has 1 atom stereocenters. The van der Waals surface area contributed by atoms with Crippen LogP contribution in [0.2, 0.25) is 0 Å². The summed E-state index contributed by atoms with van der Waals surface area (Å²) in [6.45, 7) is 0.330. The fourth-order valence-corrected chi connectivity index (χ4v) is 3.02. The van der Waals surface area contributed by atoms with E-state index in [0.717, 1.165) is 4.90 Å². The molecule has 1 saturated heterocycles. The van der Waals surface area contributed by atoms with E-state index in [9.17, 15) is 22.8 Å². The Hall–Kier alpha value is -1.27. The highest BCUT2D eigenvalue weighted by atomic mass is 19.4. The standard InChI is InChI=1S/C12H17F3N2O2/c1-2-8-9(18)17(7-12(13,14)15)11(10(19)16-8)5-3-4-6-11/h8H,2-7H2,1H3,(H,16,19). The van der Waals surface area contributed by atoms with Gasteiger partial charge < -0.3 is 10.2 Å². The zero-order valence-electron chi connectivity index (χ0n) is 10.7. The summed E-state index contributed by atoms with van der Waals surface area (Å²) in [6, 6.07) is -0.832. The number of rotatable bonds is 2. The average molecular weight is 278 g/mol. The Bertz CT molecular complexity index is 389. The number of nitrogens with zero attached hydrogens (tertiary/aromatic N) is 1. The minimum atomic E-state index is -4.48. The summed E-state index contributed by atoms with van der Waals surface area (Å²) in [7, 11) is 0. The Morgan fingerprint density at radius 2 is 1.89 bits per heavy atom. The molecular weight excluding hydrogens is 261 g/mol. The molecule has 19 heavy (non-hydrogen) atoms. The van der Waals surface area contributed by atoms with Gasteiger partial charge >= 0.3 is 6.18 Å². The molecule has 1 N–H and O–H groups in total. The molecule has 1 unspecified atom stereocenters. The summed E-state index contributed by atoms with van der Waals surface area (Å²) in [5.74, 6) is -1.04. The summed E-state index contributed by atoms with van der Waals surface area (Å²) >= 11 is 0. The Kier molecular flexibility index (Phi) is 3.49. The Balaban J connectivity index is 2.34. The summed E-state index contributed by atoms with van der Waals surface area (Å²) in [6.07, 6.45) is -2.21. The molecule has 0 aromatic carbocycles. The maximum absolute atomic E-state index is 12.7. The van der Waals surface area contributed by atoms with Crippen LogP contribution in [0.25, 0.3) is 0 Å². The van der Waals surface area contributed by atoms with Crippen molar-refractivity contribution in [1.29, 1.82) is 0 Å². The number of carbonyl (C=O) groups excluding carboxylic acids is 2. The smallest absolute Gasteiger partial charge is 0.342 e. The predicted octanol–water partition coefficient (Wildman–Crippen LogP) is 1.60. The number of amides is 2. The summed E-state index contributed by atoms with van der Waals surface area (Å²) in [5.41, 5.74) is -1.28. The van der Waals surface area contributed by atoms with Gasteiger partial charge in [-0.1, -0.05) is 19.8 Å². The van der Waals surface area contributed by atoms with Crippen molar-refractivity contribution in [3.05, 3.63) is 0 Å². The predicted molar refractivity (Wildman–Crippen MR) is 61.2 cm³/mol. The lowest BCUT2D eigenvalue weighted by molar-refractivity contribution is -0.183. The van der Waals surface area contributed by atoms with Gasteiger partial charge in [0.2, 0.25) is 11.8 Å². The van der Waals surface area contributed by atoms with Crippen LogP contribution >= 0.6 is 0 Å². The van der Waals surface area contributed by atoms with Crippen molar-refractivity contribution >= 4 is 11.8 Å². The fraction of sp³-hybridized carbons (Fsp3) is 0.833. The van der Waals surface area contributed by atoms with Crippen LogP contribution < -0.4 is 5.32 Å². The monoisotopic (exact) mass is 278 g/mol. The quantitative estimate of drug-likeness (QED) is 0.834. The molecule has 1 aliphatic heterocycles. The van der Waals surface area contributed by atoms with Crippen molar-refractivity contribution in [2.75, 3.05) is 6.54 Å². The summed E-state index contributed by atoms with van der Waals surface area (Å²) in [4.78, 5) is 25.1. The third-order valence-electron chi connectivity index (χ3n) is 3.99. The van der Waals surface area contributed by atoms with E-state index in [2.05, 4.69) is 5.32 Å². The number of hydrogen-bond acceptors (Lipinski definition) is 2. The molecule has 108 valence electrons. The molecule has 1 heterocycles. The third-order valence-corrected chi connectivity index (χ3v) is 3.99. The van der Waals surface area contributed by atoms with Crippen LogP contribution in [0.5, 0.6) is 0 Å². The van der Waals surface area contributed by atoms with Gasteiger partial charge in [0.15, 0.2) is 0 Å². The first-order chi connectivity index (χ1) is 8.80. The van der Waals surface area contributed by atoms with Crippen molar-refractivity contribution in [3.63, 3.8) is 0 Å². The van der Waals surface area contributed by atoms with Gasteiger partial charge in [-0.05, 0) is 19.3 Å². The van der Waals surface area contributed by atoms with E-state index in [1.165, 1.54) is 0 Å². The van der Waals surface area contributed by atoms with E-state index >= 15 is 0 Å². The molecule has 7 heteroatoms. The molecular formula is C12H17F3N2O2. The maximum atomic E-state index is 12.7. The molecule has 4 nitrogen and oxygen atoms in total. The van der Waals surface area contributed by atoms with Crippen molar-refractivity contribution < 1.29 is 22.8 Å². The Labute approximate surface area is 109 Å². The molecule has 0 radical (unpaired) electrons. The number of carbonyl (C=O) groups is 2. The molecule has 0 aromatic heterocycles. The molecule has 2 rings (SSSR count). The van der Waals surface area contributed by atoms with Gasteiger partial charge in [0.25, 0.3) is 0 Å². The molecule has 1 saturated carbocycles. The zero-order valence-corrected chi connectivity index (χ0v) is 10.7. The molecule has 0 bridgehead atoms. The van der Waals surface area contributed by atoms with Crippen LogP contribution in [-0.2, 0) is 9.59 Å². The number of piperazine rings is 1. The summed E-state index contributed by atoms with van der Waals surface area (Å²) in [5, 5.41) is 2.57. The molecule has 0 aromatic rings. The Morgan fingerprint density at radius 1 is 1.32 bits per heavy atom. The van der Waals surface area contributed by atoms with E-state index in [1.807, 2.05) is 0 Å². The van der Waals surface area contributed by atoms with Crippen LogP contribution in [0.3, 0.4) is 0 Å². The molecule has 1 spiro atoms.